The third-order valence-corrected chi connectivity index (χ3v) is 5.11. The zero-order chi connectivity index (χ0) is 23.0. The number of alkyl halides is 3. The van der Waals surface area contributed by atoms with E-state index in [4.69, 9.17) is 16.3 Å². The standard InChI is InChI=1S/C21H17ClF3N5O2/c1-3-30-18-14(20(31)29(2)15-4-5-17(22)28-19(15)30)8-12(10-27-18)11-32-13-6-7-26-16(9-13)21(23,24)25/h4-10H,3,11H2,1-2H3. The van der Waals surface area contributed by atoms with Crippen LogP contribution in [0, 0.1) is 0 Å². The number of carbonyl (C=O) groups excluding carboxylic acids is 1. The number of hydrogen-bond acceptors (Lipinski definition) is 6. The van der Waals surface area contributed by atoms with E-state index < -0.39 is 11.9 Å². The molecule has 3 aromatic heterocycles. The fourth-order valence-corrected chi connectivity index (χ4v) is 3.49. The number of aromatic nitrogens is 3. The van der Waals surface area contributed by atoms with Crippen LogP contribution in [0.1, 0.15) is 28.5 Å². The highest BCUT2D eigenvalue weighted by atomic mass is 35.5. The Balaban J connectivity index is 1.66. The first-order valence-electron chi connectivity index (χ1n) is 9.56. The molecule has 0 saturated heterocycles. The van der Waals surface area contributed by atoms with Crippen molar-refractivity contribution in [2.24, 2.45) is 0 Å². The van der Waals surface area contributed by atoms with Gasteiger partial charge in [-0.2, -0.15) is 13.2 Å². The lowest BCUT2D eigenvalue weighted by molar-refractivity contribution is -0.141. The number of fused-ring (bicyclic) bond motifs is 2. The number of halogens is 4. The highest BCUT2D eigenvalue weighted by Gasteiger charge is 2.33. The molecule has 32 heavy (non-hydrogen) atoms. The molecule has 0 fully saturated rings. The normalized spacial score (nSPS) is 13.5. The van der Waals surface area contributed by atoms with E-state index in [9.17, 15) is 18.0 Å². The summed E-state index contributed by atoms with van der Waals surface area (Å²) in [7, 11) is 1.62. The Morgan fingerprint density at radius 1 is 1.12 bits per heavy atom. The third kappa shape index (κ3) is 4.05. The first-order chi connectivity index (χ1) is 15.2. The van der Waals surface area contributed by atoms with Crippen LogP contribution in [0.2, 0.25) is 5.15 Å². The van der Waals surface area contributed by atoms with E-state index >= 15 is 0 Å². The summed E-state index contributed by atoms with van der Waals surface area (Å²) in [5, 5.41) is 0.284. The van der Waals surface area contributed by atoms with Gasteiger partial charge in [0, 0.05) is 37.6 Å². The van der Waals surface area contributed by atoms with Gasteiger partial charge in [-0.05, 0) is 31.2 Å². The van der Waals surface area contributed by atoms with E-state index in [0.717, 1.165) is 12.3 Å². The largest absolute Gasteiger partial charge is 0.489 e. The predicted octanol–water partition coefficient (Wildman–Crippen LogP) is 4.87. The molecule has 11 heteroatoms. The number of hydrogen-bond donors (Lipinski definition) is 0. The number of rotatable bonds is 4. The zero-order valence-electron chi connectivity index (χ0n) is 17.0. The average molecular weight is 464 g/mol. The van der Waals surface area contributed by atoms with Crippen LogP contribution < -0.4 is 14.5 Å². The molecule has 0 aliphatic carbocycles. The summed E-state index contributed by atoms with van der Waals surface area (Å²) in [5.41, 5.74) is 0.363. The Bertz CT molecular complexity index is 1190. The molecule has 0 N–H and O–H groups in total. The lowest BCUT2D eigenvalue weighted by Gasteiger charge is -2.23. The van der Waals surface area contributed by atoms with Crippen LogP contribution in [0.15, 0.2) is 42.7 Å². The molecule has 0 saturated carbocycles. The van der Waals surface area contributed by atoms with Gasteiger partial charge in [0.2, 0.25) is 0 Å². The van der Waals surface area contributed by atoms with E-state index in [1.54, 1.807) is 30.1 Å². The van der Waals surface area contributed by atoms with Crippen LogP contribution in [0.25, 0.3) is 0 Å². The van der Waals surface area contributed by atoms with Crippen LogP contribution in [0.4, 0.5) is 30.5 Å². The van der Waals surface area contributed by atoms with Crippen LogP contribution in [0.5, 0.6) is 5.75 Å². The number of carbonyl (C=O) groups is 1. The van der Waals surface area contributed by atoms with Crippen molar-refractivity contribution in [2.75, 3.05) is 23.4 Å². The molecule has 0 radical (unpaired) electrons. The molecule has 1 aliphatic heterocycles. The first kappa shape index (κ1) is 21.8. The molecule has 0 aromatic carbocycles. The van der Waals surface area contributed by atoms with Gasteiger partial charge in [-0.3, -0.25) is 9.78 Å². The summed E-state index contributed by atoms with van der Waals surface area (Å²) in [6.07, 6.45) is -2.03. The summed E-state index contributed by atoms with van der Waals surface area (Å²) < 4.78 is 44.1. The summed E-state index contributed by atoms with van der Waals surface area (Å²) in [5.74, 6) is 0.610. The molecule has 0 atom stereocenters. The monoisotopic (exact) mass is 463 g/mol. The molecule has 4 heterocycles. The molecule has 0 unspecified atom stereocenters. The van der Waals surface area contributed by atoms with Gasteiger partial charge in [0.1, 0.15) is 29.0 Å². The number of nitrogens with zero attached hydrogens (tertiary/aromatic N) is 5. The molecule has 1 amide bonds. The molecule has 3 aromatic rings. The van der Waals surface area contributed by atoms with Gasteiger partial charge in [-0.25, -0.2) is 9.97 Å². The number of ether oxygens (including phenoxy) is 1. The average Bonchev–Trinajstić information content (AvgIpc) is 2.85. The van der Waals surface area contributed by atoms with Crippen molar-refractivity contribution in [3.05, 3.63) is 64.7 Å². The fourth-order valence-electron chi connectivity index (χ4n) is 3.34. The SMILES string of the molecule is CCN1c2ncc(COc3ccnc(C(F)(F)F)c3)cc2C(=O)N(C)c2ccc(Cl)nc21. The van der Waals surface area contributed by atoms with Gasteiger partial charge in [-0.15, -0.1) is 0 Å². The minimum Gasteiger partial charge on any atom is -0.489 e. The van der Waals surface area contributed by atoms with Crippen LogP contribution in [-0.2, 0) is 12.8 Å². The highest BCUT2D eigenvalue weighted by molar-refractivity contribution is 6.29. The lowest BCUT2D eigenvalue weighted by atomic mass is 10.1. The van der Waals surface area contributed by atoms with Crippen molar-refractivity contribution in [3.8, 4) is 5.75 Å². The number of anilines is 3. The Hall–Kier alpha value is -3.40. The summed E-state index contributed by atoms with van der Waals surface area (Å²) >= 11 is 6.07. The van der Waals surface area contributed by atoms with Crippen LogP contribution >= 0.6 is 11.6 Å². The molecular formula is C21H17ClF3N5O2. The van der Waals surface area contributed by atoms with Crippen molar-refractivity contribution in [1.82, 2.24) is 15.0 Å². The third-order valence-electron chi connectivity index (χ3n) is 4.90. The Labute approximate surface area is 186 Å². The van der Waals surface area contributed by atoms with Gasteiger partial charge in [0.15, 0.2) is 5.82 Å². The van der Waals surface area contributed by atoms with E-state index in [2.05, 4.69) is 15.0 Å². The predicted molar refractivity (Wildman–Crippen MR) is 112 cm³/mol. The minimum atomic E-state index is -4.57. The molecule has 0 spiro atoms. The smallest absolute Gasteiger partial charge is 0.433 e. The van der Waals surface area contributed by atoms with Gasteiger partial charge in [0.25, 0.3) is 5.91 Å². The molecular weight excluding hydrogens is 447 g/mol. The Morgan fingerprint density at radius 3 is 2.62 bits per heavy atom. The zero-order valence-corrected chi connectivity index (χ0v) is 17.8. The van der Waals surface area contributed by atoms with Gasteiger partial charge < -0.3 is 14.5 Å². The van der Waals surface area contributed by atoms with Crippen molar-refractivity contribution in [2.45, 2.75) is 19.7 Å². The summed E-state index contributed by atoms with van der Waals surface area (Å²) in [4.78, 5) is 28.5. The van der Waals surface area contributed by atoms with Gasteiger partial charge in [-0.1, -0.05) is 11.6 Å². The molecule has 4 rings (SSSR count). The lowest BCUT2D eigenvalue weighted by Crippen LogP contribution is -2.25. The van der Waals surface area contributed by atoms with Gasteiger partial charge >= 0.3 is 6.18 Å². The highest BCUT2D eigenvalue weighted by Crippen LogP contribution is 2.38. The summed E-state index contributed by atoms with van der Waals surface area (Å²) in [6, 6.07) is 7.08. The summed E-state index contributed by atoms with van der Waals surface area (Å²) in [6.45, 7) is 2.29. The molecule has 1 aliphatic rings. The Kier molecular flexibility index (Phi) is 5.64. The van der Waals surface area contributed by atoms with Crippen molar-refractivity contribution in [1.29, 1.82) is 0 Å². The van der Waals surface area contributed by atoms with Crippen molar-refractivity contribution in [3.63, 3.8) is 0 Å². The van der Waals surface area contributed by atoms with Crippen LogP contribution in [-0.4, -0.2) is 34.5 Å². The van der Waals surface area contributed by atoms with E-state index in [-0.39, 0.29) is 23.4 Å². The Morgan fingerprint density at radius 2 is 1.91 bits per heavy atom. The van der Waals surface area contributed by atoms with Crippen molar-refractivity contribution < 1.29 is 22.7 Å². The topological polar surface area (TPSA) is 71.5 Å². The molecule has 7 nitrogen and oxygen atoms in total. The van der Waals surface area contributed by atoms with E-state index in [0.29, 0.717) is 35.0 Å². The number of pyridine rings is 3. The fraction of sp³-hybridized carbons (Fsp3) is 0.238. The second kappa shape index (κ2) is 8.27. The second-order valence-corrected chi connectivity index (χ2v) is 7.35. The minimum absolute atomic E-state index is 0.00662. The van der Waals surface area contributed by atoms with Crippen molar-refractivity contribution >= 4 is 34.8 Å². The quantitative estimate of drug-likeness (QED) is 0.514. The second-order valence-electron chi connectivity index (χ2n) is 6.96. The number of amides is 1. The molecule has 166 valence electrons. The maximum absolute atomic E-state index is 13.2. The van der Waals surface area contributed by atoms with E-state index in [1.807, 2.05) is 6.92 Å². The van der Waals surface area contributed by atoms with Gasteiger partial charge in [0.05, 0.1) is 11.3 Å². The maximum Gasteiger partial charge on any atom is 0.433 e. The maximum atomic E-state index is 13.2. The van der Waals surface area contributed by atoms with Crippen LogP contribution in [0.3, 0.4) is 0 Å². The molecule has 0 bridgehead atoms. The first-order valence-corrected chi connectivity index (χ1v) is 9.94. The van der Waals surface area contributed by atoms with E-state index in [1.165, 1.54) is 17.2 Å².